The third-order valence-corrected chi connectivity index (χ3v) is 6.20. The maximum atomic E-state index is 12.2. The molecule has 0 saturated carbocycles. The molecule has 1 aromatic carbocycles. The molecule has 1 aliphatic rings. The zero-order chi connectivity index (χ0) is 20.6. The van der Waals surface area contributed by atoms with Crippen molar-refractivity contribution >= 4 is 23.8 Å². The molecule has 0 spiro atoms. The third-order valence-electron chi connectivity index (χ3n) is 5.55. The second-order valence-electron chi connectivity index (χ2n) is 7.56. The molecule has 0 bridgehead atoms. The molecule has 1 aliphatic heterocycles. The first-order chi connectivity index (χ1) is 13.4. The monoisotopic (exact) mass is 408 g/mol. The topological polar surface area (TPSA) is 78.9 Å². The van der Waals surface area contributed by atoms with Crippen LogP contribution in [0.3, 0.4) is 0 Å². The summed E-state index contributed by atoms with van der Waals surface area (Å²) in [5, 5.41) is 11.7. The minimum absolute atomic E-state index is 0.0447. The number of thioether (sulfide) groups is 1. The van der Waals surface area contributed by atoms with Crippen LogP contribution >= 0.6 is 11.8 Å². The van der Waals surface area contributed by atoms with Gasteiger partial charge in [0.15, 0.2) is 0 Å². The molecule has 156 valence electrons. The molecule has 1 heterocycles. The van der Waals surface area contributed by atoms with Gasteiger partial charge in [0.1, 0.15) is 11.8 Å². The highest BCUT2D eigenvalue weighted by molar-refractivity contribution is 7.98. The van der Waals surface area contributed by atoms with Crippen LogP contribution < -0.4 is 10.1 Å². The van der Waals surface area contributed by atoms with E-state index >= 15 is 0 Å². The van der Waals surface area contributed by atoms with E-state index in [-0.39, 0.29) is 5.41 Å². The van der Waals surface area contributed by atoms with E-state index in [0.29, 0.717) is 17.9 Å². The van der Waals surface area contributed by atoms with E-state index in [2.05, 4.69) is 30.3 Å². The van der Waals surface area contributed by atoms with Crippen LogP contribution in [-0.4, -0.2) is 60.3 Å². The van der Waals surface area contributed by atoms with Crippen molar-refractivity contribution in [2.45, 2.75) is 50.5 Å². The molecule has 1 saturated heterocycles. The SMILES string of the molecule is CCC1(c2cccc(OC(=O)N[C@H](CCSC)C(=O)O)c2)CCCCN(C)C1. The van der Waals surface area contributed by atoms with Gasteiger partial charge in [-0.1, -0.05) is 25.5 Å². The number of rotatable bonds is 8. The Bertz CT molecular complexity index is 670. The summed E-state index contributed by atoms with van der Waals surface area (Å²) in [4.78, 5) is 25.9. The first-order valence-electron chi connectivity index (χ1n) is 9.89. The first-order valence-corrected chi connectivity index (χ1v) is 11.3. The predicted octanol–water partition coefficient (Wildman–Crippen LogP) is 3.74. The second kappa shape index (κ2) is 10.7. The molecule has 0 aromatic heterocycles. The first kappa shape index (κ1) is 22.6. The lowest BCUT2D eigenvalue weighted by atomic mass is 9.74. The number of carboxylic acids is 1. The van der Waals surface area contributed by atoms with Crippen molar-refractivity contribution in [1.82, 2.24) is 10.2 Å². The highest BCUT2D eigenvalue weighted by Crippen LogP contribution is 2.37. The van der Waals surface area contributed by atoms with Gasteiger partial charge in [0, 0.05) is 12.0 Å². The van der Waals surface area contributed by atoms with E-state index in [1.807, 2.05) is 18.4 Å². The molecule has 0 radical (unpaired) electrons. The molecule has 2 atom stereocenters. The van der Waals surface area contributed by atoms with Crippen molar-refractivity contribution in [1.29, 1.82) is 0 Å². The van der Waals surface area contributed by atoms with Crippen LogP contribution in [0.2, 0.25) is 0 Å². The molecule has 7 heteroatoms. The summed E-state index contributed by atoms with van der Waals surface area (Å²) in [6, 6.07) is 6.74. The second-order valence-corrected chi connectivity index (χ2v) is 8.55. The highest BCUT2D eigenvalue weighted by atomic mass is 32.2. The van der Waals surface area contributed by atoms with Crippen molar-refractivity contribution in [3.8, 4) is 5.75 Å². The van der Waals surface area contributed by atoms with Crippen LogP contribution in [0.15, 0.2) is 24.3 Å². The zero-order valence-corrected chi connectivity index (χ0v) is 17.9. The molecular weight excluding hydrogens is 376 g/mol. The Hall–Kier alpha value is -1.73. The molecule has 1 aromatic rings. The van der Waals surface area contributed by atoms with Crippen LogP contribution in [0.1, 0.15) is 44.6 Å². The summed E-state index contributed by atoms with van der Waals surface area (Å²) < 4.78 is 5.42. The van der Waals surface area contributed by atoms with Gasteiger partial charge in [0.25, 0.3) is 0 Å². The van der Waals surface area contributed by atoms with Gasteiger partial charge in [0.05, 0.1) is 0 Å². The highest BCUT2D eigenvalue weighted by Gasteiger charge is 2.33. The van der Waals surface area contributed by atoms with E-state index in [1.54, 1.807) is 17.8 Å². The molecular formula is C21H32N2O4S. The number of aliphatic carboxylic acids is 1. The van der Waals surface area contributed by atoms with Crippen molar-refractivity contribution < 1.29 is 19.4 Å². The minimum Gasteiger partial charge on any atom is -0.480 e. The van der Waals surface area contributed by atoms with Gasteiger partial charge in [-0.3, -0.25) is 0 Å². The Morgan fingerprint density at radius 3 is 2.86 bits per heavy atom. The number of likely N-dealkylation sites (tertiary alicyclic amines) is 1. The maximum absolute atomic E-state index is 12.2. The zero-order valence-electron chi connectivity index (χ0n) is 17.1. The lowest BCUT2D eigenvalue weighted by Gasteiger charge is -2.35. The van der Waals surface area contributed by atoms with E-state index in [4.69, 9.17) is 4.74 Å². The summed E-state index contributed by atoms with van der Waals surface area (Å²) in [7, 11) is 2.16. The lowest BCUT2D eigenvalue weighted by Crippen LogP contribution is -2.42. The van der Waals surface area contributed by atoms with Crippen LogP contribution in [0.5, 0.6) is 5.75 Å². The number of nitrogens with one attached hydrogen (secondary N) is 1. The number of ether oxygens (including phenoxy) is 1. The maximum Gasteiger partial charge on any atom is 0.413 e. The van der Waals surface area contributed by atoms with Gasteiger partial charge in [-0.05, 0) is 69.0 Å². The Kier molecular flexibility index (Phi) is 8.63. The van der Waals surface area contributed by atoms with Gasteiger partial charge in [-0.15, -0.1) is 0 Å². The number of benzene rings is 1. The molecule has 2 N–H and O–H groups in total. The number of amides is 1. The standard InChI is InChI=1S/C21H32N2O4S/c1-4-21(11-5-6-12-23(2)15-21)16-8-7-9-17(14-16)27-20(26)22-18(19(24)25)10-13-28-3/h7-9,14,18H,4-6,10-13,15H2,1-3H3,(H,22,26)(H,24,25)/t18-,21?/m1/s1. The minimum atomic E-state index is -1.05. The number of nitrogens with zero attached hydrogens (tertiary/aromatic N) is 1. The van der Waals surface area contributed by atoms with Crippen LogP contribution in [-0.2, 0) is 10.2 Å². The molecule has 2 rings (SSSR count). The summed E-state index contributed by atoms with van der Waals surface area (Å²) in [5.41, 5.74) is 1.22. The van der Waals surface area contributed by atoms with Gasteiger partial charge in [-0.25, -0.2) is 9.59 Å². The smallest absolute Gasteiger partial charge is 0.413 e. The number of likely N-dealkylation sites (N-methyl/N-ethyl adjacent to an activating group) is 1. The van der Waals surface area contributed by atoms with Gasteiger partial charge < -0.3 is 20.1 Å². The fourth-order valence-electron chi connectivity index (χ4n) is 3.91. The van der Waals surface area contributed by atoms with Crippen molar-refractivity contribution in [2.75, 3.05) is 32.1 Å². The Morgan fingerprint density at radius 2 is 2.18 bits per heavy atom. The van der Waals surface area contributed by atoms with Gasteiger partial charge in [0.2, 0.25) is 0 Å². The summed E-state index contributed by atoms with van der Waals surface area (Å²) in [5.74, 6) is 0.0501. The average Bonchev–Trinajstić information content (AvgIpc) is 2.87. The van der Waals surface area contributed by atoms with E-state index in [9.17, 15) is 14.7 Å². The predicted molar refractivity (Wildman–Crippen MR) is 113 cm³/mol. The summed E-state index contributed by atoms with van der Waals surface area (Å²) in [6.07, 6.45) is 6.04. The molecule has 1 fully saturated rings. The third kappa shape index (κ3) is 6.14. The summed E-state index contributed by atoms with van der Waals surface area (Å²) in [6.45, 7) is 4.30. The number of hydrogen-bond acceptors (Lipinski definition) is 5. The van der Waals surface area contributed by atoms with Crippen LogP contribution in [0.4, 0.5) is 4.79 Å². The fraction of sp³-hybridized carbons (Fsp3) is 0.619. The lowest BCUT2D eigenvalue weighted by molar-refractivity contribution is -0.139. The summed E-state index contributed by atoms with van der Waals surface area (Å²) >= 11 is 1.54. The van der Waals surface area contributed by atoms with Gasteiger partial charge in [-0.2, -0.15) is 11.8 Å². The average molecular weight is 409 g/mol. The quantitative estimate of drug-likeness (QED) is 0.682. The fourth-order valence-corrected chi connectivity index (χ4v) is 4.38. The van der Waals surface area contributed by atoms with Crippen LogP contribution in [0.25, 0.3) is 0 Å². The van der Waals surface area contributed by atoms with E-state index in [1.165, 1.54) is 18.4 Å². The van der Waals surface area contributed by atoms with Crippen molar-refractivity contribution in [2.24, 2.45) is 0 Å². The normalized spacial score (nSPS) is 21.5. The molecule has 28 heavy (non-hydrogen) atoms. The molecule has 1 amide bonds. The molecule has 6 nitrogen and oxygen atoms in total. The van der Waals surface area contributed by atoms with Crippen molar-refractivity contribution in [3.63, 3.8) is 0 Å². The Morgan fingerprint density at radius 1 is 1.39 bits per heavy atom. The van der Waals surface area contributed by atoms with E-state index in [0.717, 1.165) is 25.9 Å². The Labute approximate surface area is 172 Å². The van der Waals surface area contributed by atoms with Crippen LogP contribution in [0, 0.1) is 0 Å². The number of hydrogen-bond donors (Lipinski definition) is 2. The van der Waals surface area contributed by atoms with Gasteiger partial charge >= 0.3 is 12.1 Å². The number of carboxylic acid groups (broad SMARTS) is 1. The largest absolute Gasteiger partial charge is 0.480 e. The number of carbonyl (C=O) groups excluding carboxylic acids is 1. The van der Waals surface area contributed by atoms with E-state index < -0.39 is 18.1 Å². The Balaban J connectivity index is 2.11. The molecule has 0 aliphatic carbocycles. The van der Waals surface area contributed by atoms with Crippen molar-refractivity contribution in [3.05, 3.63) is 29.8 Å². The molecule has 1 unspecified atom stereocenters. The number of carbonyl (C=O) groups is 2.